The highest BCUT2D eigenvalue weighted by molar-refractivity contribution is 5.70. The van der Waals surface area contributed by atoms with Crippen LogP contribution >= 0.6 is 0 Å². The van der Waals surface area contributed by atoms with Crippen LogP contribution in [0.1, 0.15) is 27.2 Å². The van der Waals surface area contributed by atoms with Crippen molar-refractivity contribution in [3.63, 3.8) is 0 Å². The molecule has 2 atom stereocenters. The van der Waals surface area contributed by atoms with E-state index in [0.717, 1.165) is 18.5 Å². The maximum absolute atomic E-state index is 12.2. The molecule has 0 aromatic rings. The van der Waals surface area contributed by atoms with Gasteiger partial charge in [0.15, 0.2) is 0 Å². The van der Waals surface area contributed by atoms with E-state index in [4.69, 9.17) is 9.47 Å². The van der Waals surface area contributed by atoms with Gasteiger partial charge in [-0.15, -0.1) is 0 Å². The molecule has 0 spiro atoms. The van der Waals surface area contributed by atoms with Gasteiger partial charge in [-0.2, -0.15) is 0 Å². The summed E-state index contributed by atoms with van der Waals surface area (Å²) in [6, 6.07) is -0.00477. The number of hydrogen-bond donors (Lipinski definition) is 1. The smallest absolute Gasteiger partial charge is 0.410 e. The van der Waals surface area contributed by atoms with Crippen LogP contribution in [0.4, 0.5) is 4.79 Å². The molecule has 2 saturated heterocycles. The zero-order valence-corrected chi connectivity index (χ0v) is 11.4. The lowest BCUT2D eigenvalue weighted by Crippen LogP contribution is -2.48. The van der Waals surface area contributed by atoms with Gasteiger partial charge in [0.05, 0.1) is 12.6 Å². The Kier molecular flexibility index (Phi) is 3.64. The second-order valence-electron chi connectivity index (χ2n) is 5.88. The summed E-state index contributed by atoms with van der Waals surface area (Å²) in [5.41, 5.74) is 0.568. The second kappa shape index (κ2) is 4.90. The Morgan fingerprint density at radius 1 is 1.56 bits per heavy atom. The minimum absolute atomic E-state index is 0.00477. The first-order valence-electron chi connectivity index (χ1n) is 6.38. The number of nitrogens with one attached hydrogen (secondary N) is 1. The number of carbonyl (C=O) groups is 1. The van der Waals surface area contributed by atoms with E-state index in [9.17, 15) is 4.79 Å². The van der Waals surface area contributed by atoms with Crippen molar-refractivity contribution in [2.75, 3.05) is 19.7 Å². The monoisotopic (exact) mass is 254 g/mol. The molecule has 0 aliphatic carbocycles. The number of carbonyl (C=O) groups excluding carboxylic acids is 1. The van der Waals surface area contributed by atoms with E-state index >= 15 is 0 Å². The van der Waals surface area contributed by atoms with E-state index in [1.165, 1.54) is 0 Å². The molecule has 1 N–H and O–H groups in total. The van der Waals surface area contributed by atoms with Crippen molar-refractivity contribution in [3.8, 4) is 0 Å². The molecule has 2 aliphatic rings. The molecule has 2 fully saturated rings. The number of hydrogen-bond acceptors (Lipinski definition) is 4. The third-order valence-electron chi connectivity index (χ3n) is 3.01. The quantitative estimate of drug-likeness (QED) is 0.720. The van der Waals surface area contributed by atoms with E-state index in [0.29, 0.717) is 13.2 Å². The van der Waals surface area contributed by atoms with Gasteiger partial charge in [-0.3, -0.25) is 10.2 Å². The van der Waals surface area contributed by atoms with Crippen molar-refractivity contribution < 1.29 is 14.3 Å². The third kappa shape index (κ3) is 3.03. The van der Waals surface area contributed by atoms with Gasteiger partial charge in [-0.1, -0.05) is 12.2 Å². The molecule has 0 bridgehead atoms. The number of ether oxygens (including phenoxy) is 2. The fraction of sp³-hybridized carbons (Fsp3) is 0.769. The van der Waals surface area contributed by atoms with E-state index in [1.807, 2.05) is 20.8 Å². The average molecular weight is 254 g/mol. The topological polar surface area (TPSA) is 50.8 Å². The van der Waals surface area contributed by atoms with Crippen LogP contribution in [0.5, 0.6) is 0 Å². The summed E-state index contributed by atoms with van der Waals surface area (Å²) in [6.45, 7) is 11.7. The highest BCUT2D eigenvalue weighted by Gasteiger charge is 2.40. The SMILES string of the molecule is C=C1CC(C2NCCO2)N(C(=O)OC(C)(C)C)C1. The van der Waals surface area contributed by atoms with Crippen molar-refractivity contribution in [2.45, 2.75) is 45.1 Å². The van der Waals surface area contributed by atoms with Gasteiger partial charge in [0.25, 0.3) is 0 Å². The summed E-state index contributed by atoms with van der Waals surface area (Å²) in [5.74, 6) is 0. The van der Waals surface area contributed by atoms with E-state index in [-0.39, 0.29) is 18.4 Å². The predicted molar refractivity (Wildman–Crippen MR) is 68.2 cm³/mol. The molecule has 5 heteroatoms. The molecule has 5 nitrogen and oxygen atoms in total. The summed E-state index contributed by atoms with van der Waals surface area (Å²) in [7, 11) is 0. The lowest BCUT2D eigenvalue weighted by atomic mass is 10.1. The molecular formula is C13H22N2O3. The molecule has 2 aliphatic heterocycles. The van der Waals surface area contributed by atoms with Crippen molar-refractivity contribution in [2.24, 2.45) is 0 Å². The van der Waals surface area contributed by atoms with Crippen LogP contribution in [-0.4, -0.2) is 48.6 Å². The maximum atomic E-state index is 12.2. The van der Waals surface area contributed by atoms with Crippen LogP contribution in [0.25, 0.3) is 0 Å². The molecule has 18 heavy (non-hydrogen) atoms. The summed E-state index contributed by atoms with van der Waals surface area (Å²) < 4.78 is 11.0. The summed E-state index contributed by atoms with van der Waals surface area (Å²) in [6.07, 6.45) is 0.386. The van der Waals surface area contributed by atoms with Crippen LogP contribution in [0.2, 0.25) is 0 Å². The van der Waals surface area contributed by atoms with Crippen molar-refractivity contribution in [1.82, 2.24) is 10.2 Å². The standard InChI is InChI=1S/C13H22N2O3/c1-9-7-10(11-14-5-6-17-11)15(8-9)12(16)18-13(2,3)4/h10-11,14H,1,5-8H2,2-4H3. The first-order chi connectivity index (χ1) is 8.37. The van der Waals surface area contributed by atoms with Gasteiger partial charge in [-0.05, 0) is 27.2 Å². The Labute approximate surface area is 108 Å². The van der Waals surface area contributed by atoms with Crippen LogP contribution < -0.4 is 5.32 Å². The normalized spacial score (nSPS) is 28.8. The second-order valence-corrected chi connectivity index (χ2v) is 5.88. The van der Waals surface area contributed by atoms with E-state index in [1.54, 1.807) is 4.90 Å². The number of likely N-dealkylation sites (tertiary alicyclic amines) is 1. The Morgan fingerprint density at radius 2 is 2.28 bits per heavy atom. The van der Waals surface area contributed by atoms with Gasteiger partial charge in [-0.25, -0.2) is 4.79 Å². The number of rotatable bonds is 1. The third-order valence-corrected chi connectivity index (χ3v) is 3.01. The highest BCUT2D eigenvalue weighted by Crippen LogP contribution is 2.27. The van der Waals surface area contributed by atoms with Crippen LogP contribution in [0.15, 0.2) is 12.2 Å². The molecular weight excluding hydrogens is 232 g/mol. The molecule has 0 aromatic heterocycles. The van der Waals surface area contributed by atoms with Gasteiger partial charge < -0.3 is 9.47 Å². The highest BCUT2D eigenvalue weighted by atomic mass is 16.6. The average Bonchev–Trinajstić information content (AvgIpc) is 2.82. The summed E-state index contributed by atoms with van der Waals surface area (Å²) in [5, 5.41) is 3.25. The fourth-order valence-corrected chi connectivity index (χ4v) is 2.31. The molecule has 102 valence electrons. The zero-order chi connectivity index (χ0) is 13.3. The predicted octanol–water partition coefficient (Wildman–Crippen LogP) is 1.50. The Morgan fingerprint density at radius 3 is 2.83 bits per heavy atom. The lowest BCUT2D eigenvalue weighted by molar-refractivity contribution is -0.00496. The Balaban J connectivity index is 2.04. The molecule has 0 saturated carbocycles. The summed E-state index contributed by atoms with van der Waals surface area (Å²) >= 11 is 0. The van der Waals surface area contributed by atoms with E-state index in [2.05, 4.69) is 11.9 Å². The fourth-order valence-electron chi connectivity index (χ4n) is 2.31. The molecule has 1 amide bonds. The molecule has 2 rings (SSSR count). The van der Waals surface area contributed by atoms with Gasteiger partial charge >= 0.3 is 6.09 Å². The van der Waals surface area contributed by atoms with Gasteiger partial charge in [0.1, 0.15) is 11.8 Å². The minimum Gasteiger partial charge on any atom is -0.444 e. The molecule has 2 heterocycles. The van der Waals surface area contributed by atoms with E-state index < -0.39 is 5.60 Å². The maximum Gasteiger partial charge on any atom is 0.410 e. The molecule has 2 unspecified atom stereocenters. The van der Waals surface area contributed by atoms with Crippen LogP contribution in [0.3, 0.4) is 0 Å². The number of nitrogens with zero attached hydrogens (tertiary/aromatic N) is 1. The minimum atomic E-state index is -0.477. The zero-order valence-electron chi connectivity index (χ0n) is 11.4. The first kappa shape index (κ1) is 13.4. The first-order valence-corrected chi connectivity index (χ1v) is 6.38. The van der Waals surface area contributed by atoms with Crippen LogP contribution in [0, 0.1) is 0 Å². The van der Waals surface area contributed by atoms with Crippen molar-refractivity contribution in [1.29, 1.82) is 0 Å². The summed E-state index contributed by atoms with van der Waals surface area (Å²) in [4.78, 5) is 13.9. The Bertz CT molecular complexity index is 343. The van der Waals surface area contributed by atoms with Crippen LogP contribution in [-0.2, 0) is 9.47 Å². The Hall–Kier alpha value is -1.07. The van der Waals surface area contributed by atoms with Gasteiger partial charge in [0.2, 0.25) is 0 Å². The van der Waals surface area contributed by atoms with Crippen molar-refractivity contribution in [3.05, 3.63) is 12.2 Å². The van der Waals surface area contributed by atoms with Crippen molar-refractivity contribution >= 4 is 6.09 Å². The number of amides is 1. The largest absolute Gasteiger partial charge is 0.444 e. The molecule has 0 radical (unpaired) electrons. The lowest BCUT2D eigenvalue weighted by Gasteiger charge is -2.30. The molecule has 0 aromatic carbocycles. The van der Waals surface area contributed by atoms with Gasteiger partial charge in [0, 0.05) is 13.1 Å².